The fraction of sp³-hybridized carbons (Fsp3) is 0.457. The smallest absolute Gasteiger partial charge is 0.343 e. The fourth-order valence-electron chi connectivity index (χ4n) is 5.70. The van der Waals surface area contributed by atoms with Gasteiger partial charge >= 0.3 is 5.97 Å². The van der Waals surface area contributed by atoms with Crippen molar-refractivity contribution in [3.05, 3.63) is 83.4 Å². The van der Waals surface area contributed by atoms with Crippen molar-refractivity contribution in [1.29, 1.82) is 0 Å². The zero-order valence-corrected chi connectivity index (χ0v) is 25.7. The van der Waals surface area contributed by atoms with Gasteiger partial charge in [-0.3, -0.25) is 0 Å². The number of carbonyl (C=O) groups is 1. The van der Waals surface area contributed by atoms with Crippen molar-refractivity contribution in [1.82, 2.24) is 4.90 Å². The Morgan fingerprint density at radius 3 is 1.93 bits per heavy atom. The number of esters is 1. The van der Waals surface area contributed by atoms with Gasteiger partial charge in [-0.15, -0.1) is 0 Å². The Hall–Kier alpha value is -3.31. The summed E-state index contributed by atoms with van der Waals surface area (Å²) in [5, 5.41) is 0. The van der Waals surface area contributed by atoms with Gasteiger partial charge < -0.3 is 19.3 Å². The van der Waals surface area contributed by atoms with Crippen LogP contribution in [-0.2, 0) is 10.8 Å². The van der Waals surface area contributed by atoms with Crippen LogP contribution in [0.2, 0.25) is 0 Å². The number of anilines is 2. The molecule has 5 heteroatoms. The van der Waals surface area contributed by atoms with Gasteiger partial charge in [-0.2, -0.15) is 0 Å². The summed E-state index contributed by atoms with van der Waals surface area (Å²) in [6, 6.07) is 22.8. The first kappa shape index (κ1) is 29.7. The average Bonchev–Trinajstić information content (AvgIpc) is 2.90. The van der Waals surface area contributed by atoms with Crippen molar-refractivity contribution in [3.63, 3.8) is 0 Å². The summed E-state index contributed by atoms with van der Waals surface area (Å²) in [6.07, 6.45) is 1.08. The van der Waals surface area contributed by atoms with Gasteiger partial charge in [-0.1, -0.05) is 66.7 Å². The van der Waals surface area contributed by atoms with E-state index in [-0.39, 0.29) is 16.8 Å². The molecule has 0 amide bonds. The SMILES string of the molecule is COc1cc(C(C)(C)C)c(OC(=O)c2ccc(N(c3ccccc3)[C@@H]3CCN(C)C[C@@H]3C)cc2)c(C(C)(C)C)c1. The predicted octanol–water partition coefficient (Wildman–Crippen LogP) is 7.99. The number of hydrogen-bond donors (Lipinski definition) is 0. The second-order valence-electron chi connectivity index (χ2n) is 13.3. The fourth-order valence-corrected chi connectivity index (χ4v) is 5.70. The lowest BCUT2D eigenvalue weighted by Gasteiger charge is -2.43. The van der Waals surface area contributed by atoms with Gasteiger partial charge in [0.1, 0.15) is 11.5 Å². The predicted molar refractivity (Wildman–Crippen MR) is 165 cm³/mol. The summed E-state index contributed by atoms with van der Waals surface area (Å²) in [5.74, 6) is 1.54. The quantitative estimate of drug-likeness (QED) is 0.233. The van der Waals surface area contributed by atoms with Crippen molar-refractivity contribution in [3.8, 4) is 11.5 Å². The summed E-state index contributed by atoms with van der Waals surface area (Å²) >= 11 is 0. The molecule has 1 aliphatic rings. The molecular formula is C35H46N2O3. The Kier molecular flexibility index (Phi) is 8.65. The molecule has 1 heterocycles. The summed E-state index contributed by atoms with van der Waals surface area (Å²) in [7, 11) is 3.87. The summed E-state index contributed by atoms with van der Waals surface area (Å²) in [5.41, 5.74) is 4.20. The van der Waals surface area contributed by atoms with E-state index in [0.29, 0.717) is 23.3 Å². The molecule has 0 radical (unpaired) electrons. The number of carbonyl (C=O) groups excluding carboxylic acids is 1. The van der Waals surface area contributed by atoms with Crippen LogP contribution in [-0.4, -0.2) is 44.2 Å². The van der Waals surface area contributed by atoms with Gasteiger partial charge in [0.15, 0.2) is 0 Å². The van der Waals surface area contributed by atoms with Crippen LogP contribution in [0, 0.1) is 5.92 Å². The second-order valence-corrected chi connectivity index (χ2v) is 13.3. The molecule has 0 aromatic heterocycles. The zero-order valence-electron chi connectivity index (χ0n) is 25.7. The maximum absolute atomic E-state index is 13.6. The average molecular weight is 543 g/mol. The number of para-hydroxylation sites is 1. The van der Waals surface area contributed by atoms with Crippen LogP contribution in [0.4, 0.5) is 11.4 Å². The number of hydrogen-bond acceptors (Lipinski definition) is 5. The molecule has 40 heavy (non-hydrogen) atoms. The van der Waals surface area contributed by atoms with Crippen molar-refractivity contribution < 1.29 is 14.3 Å². The van der Waals surface area contributed by atoms with E-state index < -0.39 is 0 Å². The van der Waals surface area contributed by atoms with Crippen LogP contribution in [0.5, 0.6) is 11.5 Å². The van der Waals surface area contributed by atoms with E-state index in [9.17, 15) is 4.79 Å². The second kappa shape index (κ2) is 11.7. The number of benzene rings is 3. The third-order valence-electron chi connectivity index (χ3n) is 7.92. The van der Waals surface area contributed by atoms with Crippen LogP contribution in [0.15, 0.2) is 66.7 Å². The normalized spacial score (nSPS) is 18.3. The number of methoxy groups -OCH3 is 1. The monoisotopic (exact) mass is 542 g/mol. The highest BCUT2D eigenvalue weighted by atomic mass is 16.5. The molecule has 1 saturated heterocycles. The first-order valence-corrected chi connectivity index (χ1v) is 14.4. The maximum atomic E-state index is 13.6. The molecule has 5 nitrogen and oxygen atoms in total. The first-order valence-electron chi connectivity index (χ1n) is 14.4. The third-order valence-corrected chi connectivity index (χ3v) is 7.92. The minimum atomic E-state index is -0.355. The van der Waals surface area contributed by atoms with Crippen LogP contribution in [0.3, 0.4) is 0 Å². The summed E-state index contributed by atoms with van der Waals surface area (Å²) in [6.45, 7) is 17.2. The molecule has 0 unspecified atom stereocenters. The van der Waals surface area contributed by atoms with Crippen molar-refractivity contribution in [2.75, 3.05) is 32.1 Å². The Morgan fingerprint density at radius 2 is 1.43 bits per heavy atom. The lowest BCUT2D eigenvalue weighted by atomic mass is 9.79. The van der Waals surface area contributed by atoms with Gasteiger partial charge in [0.2, 0.25) is 0 Å². The zero-order chi connectivity index (χ0) is 29.2. The van der Waals surface area contributed by atoms with Gasteiger partial charge in [0.25, 0.3) is 0 Å². The summed E-state index contributed by atoms with van der Waals surface area (Å²) in [4.78, 5) is 18.4. The maximum Gasteiger partial charge on any atom is 0.343 e. The van der Waals surface area contributed by atoms with E-state index in [2.05, 4.69) is 108 Å². The minimum absolute atomic E-state index is 0.241. The van der Waals surface area contributed by atoms with Crippen LogP contribution < -0.4 is 14.4 Å². The van der Waals surface area contributed by atoms with Crippen molar-refractivity contribution in [2.24, 2.45) is 5.92 Å². The molecule has 3 aromatic rings. The molecular weight excluding hydrogens is 496 g/mol. The Bertz CT molecular complexity index is 1270. The van der Waals surface area contributed by atoms with E-state index in [1.54, 1.807) is 7.11 Å². The number of likely N-dealkylation sites (tertiary alicyclic amines) is 1. The molecule has 0 spiro atoms. The third kappa shape index (κ3) is 6.52. The highest BCUT2D eigenvalue weighted by Crippen LogP contribution is 2.43. The van der Waals surface area contributed by atoms with E-state index >= 15 is 0 Å². The molecule has 3 aromatic carbocycles. The minimum Gasteiger partial charge on any atom is -0.497 e. The van der Waals surface area contributed by atoms with Gasteiger partial charge in [0.05, 0.1) is 12.7 Å². The van der Waals surface area contributed by atoms with Gasteiger partial charge in [-0.25, -0.2) is 4.79 Å². The Balaban J connectivity index is 1.68. The van der Waals surface area contributed by atoms with E-state index in [1.807, 2.05) is 24.3 Å². The molecule has 0 N–H and O–H groups in total. The lowest BCUT2D eigenvalue weighted by Crippen LogP contribution is -2.47. The number of nitrogens with zero attached hydrogens (tertiary/aromatic N) is 2. The highest BCUT2D eigenvalue weighted by molar-refractivity contribution is 5.92. The van der Waals surface area contributed by atoms with Crippen LogP contribution >= 0.6 is 0 Å². The number of ether oxygens (including phenoxy) is 2. The highest BCUT2D eigenvalue weighted by Gasteiger charge is 2.32. The van der Waals surface area contributed by atoms with Crippen LogP contribution in [0.25, 0.3) is 0 Å². The Labute approximate surface area is 241 Å². The lowest BCUT2D eigenvalue weighted by molar-refractivity contribution is 0.0728. The Morgan fingerprint density at radius 1 is 0.875 bits per heavy atom. The molecule has 2 atom stereocenters. The van der Waals surface area contributed by atoms with E-state index in [1.165, 1.54) is 5.69 Å². The topological polar surface area (TPSA) is 42.0 Å². The largest absolute Gasteiger partial charge is 0.497 e. The van der Waals surface area contributed by atoms with Crippen LogP contribution in [0.1, 0.15) is 76.4 Å². The first-order chi connectivity index (χ1) is 18.8. The van der Waals surface area contributed by atoms with E-state index in [0.717, 1.165) is 42.1 Å². The standard InChI is InChI=1S/C35H46N2O3/c1-24-23-36(8)20-19-31(24)37(26-13-11-10-12-14-26)27-17-15-25(16-18-27)33(38)40-32-29(34(2,3)4)21-28(39-9)22-30(32)35(5,6)7/h10-18,21-22,24,31H,19-20,23H2,1-9H3/t24-,31+/m0/s1. The van der Waals surface area contributed by atoms with Gasteiger partial charge in [0, 0.05) is 35.1 Å². The summed E-state index contributed by atoms with van der Waals surface area (Å²) < 4.78 is 11.8. The van der Waals surface area contributed by atoms with E-state index in [4.69, 9.17) is 9.47 Å². The number of piperidine rings is 1. The molecule has 214 valence electrons. The molecule has 1 fully saturated rings. The molecule has 0 saturated carbocycles. The van der Waals surface area contributed by atoms with Gasteiger partial charge in [-0.05, 0) is 85.3 Å². The van der Waals surface area contributed by atoms with Crippen molar-refractivity contribution in [2.45, 2.75) is 71.8 Å². The molecule has 0 aliphatic carbocycles. The molecule has 1 aliphatic heterocycles. The molecule has 0 bridgehead atoms. The number of rotatable bonds is 6. The van der Waals surface area contributed by atoms with Crippen molar-refractivity contribution >= 4 is 17.3 Å². The molecule has 4 rings (SSSR count).